The zero-order valence-electron chi connectivity index (χ0n) is 13.4. The molecule has 0 spiro atoms. The third kappa shape index (κ3) is 6.77. The van der Waals surface area contributed by atoms with Crippen molar-refractivity contribution in [3.63, 3.8) is 0 Å². The number of aryl methyl sites for hydroxylation is 1. The number of benzene rings is 1. The summed E-state index contributed by atoms with van der Waals surface area (Å²) in [5.74, 6) is 0.125. The van der Waals surface area contributed by atoms with E-state index in [1.165, 1.54) is 5.56 Å². The third-order valence-corrected chi connectivity index (χ3v) is 3.98. The van der Waals surface area contributed by atoms with Gasteiger partial charge in [0, 0.05) is 32.7 Å². The summed E-state index contributed by atoms with van der Waals surface area (Å²) >= 11 is 0. The molecule has 22 heavy (non-hydrogen) atoms. The average molecular weight is 326 g/mol. The van der Waals surface area contributed by atoms with Gasteiger partial charge in [0.2, 0.25) is 5.91 Å². The van der Waals surface area contributed by atoms with Gasteiger partial charge >= 0.3 is 0 Å². The van der Waals surface area contributed by atoms with E-state index in [0.717, 1.165) is 57.7 Å². The fraction of sp³-hybridized carbons (Fsp3) is 0.588. The predicted molar refractivity (Wildman–Crippen MR) is 93.7 cm³/mol. The van der Waals surface area contributed by atoms with E-state index in [9.17, 15) is 4.79 Å². The van der Waals surface area contributed by atoms with Crippen LogP contribution < -0.4 is 10.6 Å². The van der Waals surface area contributed by atoms with Crippen molar-refractivity contribution in [3.8, 4) is 0 Å². The molecule has 1 heterocycles. The summed E-state index contributed by atoms with van der Waals surface area (Å²) in [7, 11) is 0. The number of piperazine rings is 1. The van der Waals surface area contributed by atoms with Crippen LogP contribution in [0, 0.1) is 0 Å². The molecule has 0 aliphatic carbocycles. The van der Waals surface area contributed by atoms with Gasteiger partial charge in [-0.15, -0.1) is 12.4 Å². The van der Waals surface area contributed by atoms with E-state index in [2.05, 4.69) is 46.7 Å². The van der Waals surface area contributed by atoms with Crippen LogP contribution in [0.15, 0.2) is 24.3 Å². The molecular weight excluding hydrogens is 298 g/mol. The van der Waals surface area contributed by atoms with Crippen LogP contribution in [0.1, 0.15) is 24.5 Å². The first-order valence-corrected chi connectivity index (χ1v) is 8.05. The van der Waals surface area contributed by atoms with Gasteiger partial charge in [0.1, 0.15) is 0 Å². The molecule has 124 valence electrons. The molecule has 4 nitrogen and oxygen atoms in total. The van der Waals surface area contributed by atoms with Crippen LogP contribution in [0.4, 0.5) is 0 Å². The van der Waals surface area contributed by atoms with Gasteiger partial charge in [0.15, 0.2) is 0 Å². The first-order valence-electron chi connectivity index (χ1n) is 8.05. The lowest BCUT2D eigenvalue weighted by molar-refractivity contribution is -0.120. The zero-order valence-corrected chi connectivity index (χ0v) is 14.3. The minimum atomic E-state index is 0. The summed E-state index contributed by atoms with van der Waals surface area (Å²) in [6.07, 6.45) is 2.55. The molecule has 1 aliphatic heterocycles. The summed E-state index contributed by atoms with van der Waals surface area (Å²) in [5.41, 5.74) is 2.40. The Hall–Kier alpha value is -1.10. The smallest absolute Gasteiger partial charge is 0.224 e. The van der Waals surface area contributed by atoms with Gasteiger partial charge < -0.3 is 15.5 Å². The number of hydrogen-bond acceptors (Lipinski definition) is 3. The lowest BCUT2D eigenvalue weighted by atomic mass is 10.1. The molecule has 1 aromatic carbocycles. The Kier molecular flexibility index (Phi) is 9.13. The molecule has 1 amide bonds. The zero-order chi connectivity index (χ0) is 14.9. The molecule has 2 rings (SSSR count). The van der Waals surface area contributed by atoms with Crippen molar-refractivity contribution in [1.82, 2.24) is 15.5 Å². The number of carbonyl (C=O) groups excluding carboxylic acids is 1. The number of amides is 1. The molecule has 1 saturated heterocycles. The number of nitrogens with zero attached hydrogens (tertiary/aromatic N) is 1. The maximum atomic E-state index is 11.9. The van der Waals surface area contributed by atoms with Crippen LogP contribution in [-0.4, -0.2) is 50.1 Å². The average Bonchev–Trinajstić information content (AvgIpc) is 2.53. The number of nitrogens with one attached hydrogen (secondary N) is 2. The Labute approximate surface area is 140 Å². The molecule has 0 radical (unpaired) electrons. The van der Waals surface area contributed by atoms with Gasteiger partial charge in [-0.1, -0.05) is 31.2 Å². The van der Waals surface area contributed by atoms with E-state index in [-0.39, 0.29) is 18.3 Å². The molecule has 1 aromatic rings. The van der Waals surface area contributed by atoms with Crippen LogP contribution in [0.25, 0.3) is 0 Å². The molecule has 5 heteroatoms. The molecule has 0 atom stereocenters. The lowest BCUT2D eigenvalue weighted by Gasteiger charge is -2.27. The van der Waals surface area contributed by atoms with Crippen LogP contribution in [0.3, 0.4) is 0 Å². The van der Waals surface area contributed by atoms with E-state index in [1.807, 2.05) is 0 Å². The standard InChI is InChI=1S/C17H27N3O.ClH/c1-2-15-4-6-16(7-5-15)14-17(21)19-8-3-11-20-12-9-18-10-13-20;/h4-7,18H,2-3,8-14H2,1H3,(H,19,21);1H. The first-order chi connectivity index (χ1) is 10.3. The summed E-state index contributed by atoms with van der Waals surface area (Å²) in [4.78, 5) is 14.3. The molecule has 0 aromatic heterocycles. The fourth-order valence-electron chi connectivity index (χ4n) is 2.61. The van der Waals surface area contributed by atoms with Gasteiger partial charge in [-0.05, 0) is 30.5 Å². The molecule has 0 unspecified atom stereocenters. The Morgan fingerprint density at radius 3 is 2.45 bits per heavy atom. The summed E-state index contributed by atoms with van der Waals surface area (Å²) < 4.78 is 0. The Bertz CT molecular complexity index is 430. The van der Waals surface area contributed by atoms with Crippen molar-refractivity contribution in [2.24, 2.45) is 0 Å². The molecule has 2 N–H and O–H groups in total. The van der Waals surface area contributed by atoms with Crippen molar-refractivity contribution >= 4 is 18.3 Å². The molecule has 1 aliphatic rings. The van der Waals surface area contributed by atoms with E-state index in [0.29, 0.717) is 6.42 Å². The summed E-state index contributed by atoms with van der Waals surface area (Å²) in [6, 6.07) is 8.32. The monoisotopic (exact) mass is 325 g/mol. The predicted octanol–water partition coefficient (Wildman–Crippen LogP) is 1.62. The Morgan fingerprint density at radius 1 is 1.18 bits per heavy atom. The van der Waals surface area contributed by atoms with Gasteiger partial charge in [-0.25, -0.2) is 0 Å². The third-order valence-electron chi connectivity index (χ3n) is 3.98. The van der Waals surface area contributed by atoms with Crippen molar-refractivity contribution in [2.45, 2.75) is 26.2 Å². The number of carbonyl (C=O) groups is 1. The van der Waals surface area contributed by atoms with Crippen molar-refractivity contribution < 1.29 is 4.79 Å². The van der Waals surface area contributed by atoms with E-state index >= 15 is 0 Å². The SMILES string of the molecule is CCc1ccc(CC(=O)NCCCN2CCNCC2)cc1.Cl. The highest BCUT2D eigenvalue weighted by Crippen LogP contribution is 2.05. The second-order valence-electron chi connectivity index (χ2n) is 5.64. The summed E-state index contributed by atoms with van der Waals surface area (Å²) in [6.45, 7) is 8.40. The number of hydrogen-bond donors (Lipinski definition) is 2. The Morgan fingerprint density at radius 2 is 1.82 bits per heavy atom. The highest BCUT2D eigenvalue weighted by Gasteiger charge is 2.08. The van der Waals surface area contributed by atoms with Crippen molar-refractivity contribution in [3.05, 3.63) is 35.4 Å². The minimum absolute atomic E-state index is 0. The lowest BCUT2D eigenvalue weighted by Crippen LogP contribution is -2.44. The topological polar surface area (TPSA) is 44.4 Å². The minimum Gasteiger partial charge on any atom is -0.356 e. The second-order valence-corrected chi connectivity index (χ2v) is 5.64. The van der Waals surface area contributed by atoms with Gasteiger partial charge in [0.05, 0.1) is 6.42 Å². The summed E-state index contributed by atoms with van der Waals surface area (Å²) in [5, 5.41) is 6.37. The number of halogens is 1. The van der Waals surface area contributed by atoms with Crippen LogP contribution in [-0.2, 0) is 17.6 Å². The molecule has 0 saturated carbocycles. The molecular formula is C17H28ClN3O. The number of rotatable bonds is 7. The van der Waals surface area contributed by atoms with E-state index in [4.69, 9.17) is 0 Å². The van der Waals surface area contributed by atoms with Crippen LogP contribution in [0.2, 0.25) is 0 Å². The van der Waals surface area contributed by atoms with E-state index in [1.54, 1.807) is 0 Å². The van der Waals surface area contributed by atoms with Gasteiger partial charge in [0.25, 0.3) is 0 Å². The van der Waals surface area contributed by atoms with Crippen molar-refractivity contribution in [1.29, 1.82) is 0 Å². The Balaban J connectivity index is 0.00000242. The van der Waals surface area contributed by atoms with E-state index < -0.39 is 0 Å². The van der Waals surface area contributed by atoms with Crippen molar-refractivity contribution in [2.75, 3.05) is 39.3 Å². The quantitative estimate of drug-likeness (QED) is 0.749. The van der Waals surface area contributed by atoms with Crippen LogP contribution in [0.5, 0.6) is 0 Å². The molecule has 0 bridgehead atoms. The largest absolute Gasteiger partial charge is 0.356 e. The maximum Gasteiger partial charge on any atom is 0.224 e. The maximum absolute atomic E-state index is 11.9. The normalized spacial score (nSPS) is 15.1. The highest BCUT2D eigenvalue weighted by molar-refractivity contribution is 5.85. The van der Waals surface area contributed by atoms with Gasteiger partial charge in [-0.3, -0.25) is 4.79 Å². The molecule has 1 fully saturated rings. The fourth-order valence-corrected chi connectivity index (χ4v) is 2.61. The second kappa shape index (κ2) is 10.6. The first kappa shape index (κ1) is 18.9. The van der Waals surface area contributed by atoms with Crippen LogP contribution >= 0.6 is 12.4 Å². The highest BCUT2D eigenvalue weighted by atomic mass is 35.5. The van der Waals surface area contributed by atoms with Gasteiger partial charge in [-0.2, -0.15) is 0 Å².